The van der Waals surface area contributed by atoms with Crippen LogP contribution in [0.2, 0.25) is 0 Å². The number of benzene rings is 1. The molecule has 112 valence electrons. The fourth-order valence-corrected chi connectivity index (χ4v) is 3.20. The van der Waals surface area contributed by atoms with E-state index in [1.165, 1.54) is 37.8 Å². The molecule has 1 fully saturated rings. The Balaban J connectivity index is 1.69. The van der Waals surface area contributed by atoms with Gasteiger partial charge in [-0.25, -0.2) is 4.68 Å². The van der Waals surface area contributed by atoms with Crippen LogP contribution >= 0.6 is 0 Å². The molecule has 1 aromatic carbocycles. The summed E-state index contributed by atoms with van der Waals surface area (Å²) in [5.74, 6) is 0. The molecule has 1 atom stereocenters. The third-order valence-corrected chi connectivity index (χ3v) is 4.56. The Labute approximate surface area is 127 Å². The highest BCUT2D eigenvalue weighted by atomic mass is 15.3. The monoisotopic (exact) mass is 283 g/mol. The summed E-state index contributed by atoms with van der Waals surface area (Å²) in [7, 11) is 0. The molecule has 0 saturated heterocycles. The number of anilines is 1. The molecule has 0 aliphatic heterocycles. The fourth-order valence-electron chi connectivity index (χ4n) is 3.20. The summed E-state index contributed by atoms with van der Waals surface area (Å²) in [5, 5.41) is 8.02. The van der Waals surface area contributed by atoms with E-state index in [0.29, 0.717) is 11.5 Å². The molecular weight excluding hydrogens is 258 g/mol. The molecule has 3 rings (SSSR count). The minimum absolute atomic E-state index is 0.507. The van der Waals surface area contributed by atoms with Crippen LogP contribution in [-0.4, -0.2) is 15.8 Å². The Kier molecular flexibility index (Phi) is 4.00. The van der Waals surface area contributed by atoms with E-state index in [2.05, 4.69) is 48.5 Å². The lowest BCUT2D eigenvalue weighted by atomic mass is 9.85. The molecule has 1 N–H and O–H groups in total. The normalized spacial score (nSPS) is 21.7. The van der Waals surface area contributed by atoms with Gasteiger partial charge in [0.15, 0.2) is 0 Å². The lowest BCUT2D eigenvalue weighted by molar-refractivity contribution is 0.313. The van der Waals surface area contributed by atoms with Crippen molar-refractivity contribution in [1.29, 1.82) is 0 Å². The van der Waals surface area contributed by atoms with Crippen molar-refractivity contribution in [1.82, 2.24) is 9.78 Å². The molecule has 1 aromatic heterocycles. The largest absolute Gasteiger partial charge is 0.382 e. The van der Waals surface area contributed by atoms with E-state index in [1.54, 1.807) is 0 Å². The molecule has 0 amide bonds. The first kappa shape index (κ1) is 14.2. The summed E-state index contributed by atoms with van der Waals surface area (Å²) < 4.78 is 1.90. The van der Waals surface area contributed by atoms with Gasteiger partial charge in [-0.3, -0.25) is 0 Å². The lowest BCUT2D eigenvalue weighted by Gasteiger charge is -2.22. The van der Waals surface area contributed by atoms with Crippen molar-refractivity contribution in [3.63, 3.8) is 0 Å². The Bertz CT molecular complexity index is 572. The van der Waals surface area contributed by atoms with Gasteiger partial charge >= 0.3 is 0 Å². The second kappa shape index (κ2) is 5.92. The third kappa shape index (κ3) is 3.66. The van der Waals surface area contributed by atoms with Crippen LogP contribution in [-0.2, 0) is 0 Å². The van der Waals surface area contributed by atoms with Gasteiger partial charge in [0.1, 0.15) is 0 Å². The topological polar surface area (TPSA) is 29.9 Å². The minimum atomic E-state index is 0.507. The molecule has 1 heterocycles. The minimum Gasteiger partial charge on any atom is -0.382 e. The molecule has 3 heteroatoms. The first-order valence-electron chi connectivity index (χ1n) is 7.99. The van der Waals surface area contributed by atoms with Gasteiger partial charge in [0.25, 0.3) is 0 Å². The van der Waals surface area contributed by atoms with E-state index < -0.39 is 0 Å². The first-order valence-corrected chi connectivity index (χ1v) is 7.99. The van der Waals surface area contributed by atoms with Crippen molar-refractivity contribution >= 4 is 5.69 Å². The second-order valence-electron chi connectivity index (χ2n) is 6.94. The van der Waals surface area contributed by atoms with Gasteiger partial charge in [0.2, 0.25) is 0 Å². The summed E-state index contributed by atoms with van der Waals surface area (Å²) >= 11 is 0. The number of aromatic nitrogens is 2. The molecule has 0 spiro atoms. The Hall–Kier alpha value is -1.77. The van der Waals surface area contributed by atoms with Gasteiger partial charge in [-0.05, 0) is 55.4 Å². The molecule has 1 aliphatic rings. The summed E-state index contributed by atoms with van der Waals surface area (Å²) in [6.45, 7) is 4.79. The van der Waals surface area contributed by atoms with Gasteiger partial charge in [-0.2, -0.15) is 5.10 Å². The second-order valence-corrected chi connectivity index (χ2v) is 6.94. The van der Waals surface area contributed by atoms with Crippen molar-refractivity contribution in [2.24, 2.45) is 5.41 Å². The number of rotatable bonds is 3. The van der Waals surface area contributed by atoms with E-state index in [0.717, 1.165) is 5.69 Å². The molecule has 21 heavy (non-hydrogen) atoms. The predicted octanol–water partition coefficient (Wildman–Crippen LogP) is 4.64. The summed E-state index contributed by atoms with van der Waals surface area (Å²) in [4.78, 5) is 0. The van der Waals surface area contributed by atoms with Crippen molar-refractivity contribution in [3.05, 3.63) is 42.7 Å². The summed E-state index contributed by atoms with van der Waals surface area (Å²) in [6, 6.07) is 11.1. The van der Waals surface area contributed by atoms with Crippen LogP contribution in [0.1, 0.15) is 46.0 Å². The van der Waals surface area contributed by atoms with Gasteiger partial charge in [0.05, 0.1) is 5.69 Å². The average Bonchev–Trinajstić information content (AvgIpc) is 2.93. The van der Waals surface area contributed by atoms with Crippen molar-refractivity contribution in [2.75, 3.05) is 5.32 Å². The highest BCUT2D eigenvalue weighted by Crippen LogP contribution is 2.34. The Morgan fingerprint density at radius 1 is 1.19 bits per heavy atom. The zero-order valence-electron chi connectivity index (χ0n) is 13.0. The van der Waals surface area contributed by atoms with Crippen LogP contribution in [0.15, 0.2) is 42.7 Å². The van der Waals surface area contributed by atoms with Gasteiger partial charge in [-0.1, -0.05) is 26.3 Å². The first-order chi connectivity index (χ1) is 10.1. The van der Waals surface area contributed by atoms with Crippen molar-refractivity contribution in [2.45, 2.75) is 52.0 Å². The van der Waals surface area contributed by atoms with Crippen LogP contribution in [0, 0.1) is 5.41 Å². The van der Waals surface area contributed by atoms with E-state index in [4.69, 9.17) is 0 Å². The highest BCUT2D eigenvalue weighted by Gasteiger charge is 2.24. The maximum atomic E-state index is 4.30. The van der Waals surface area contributed by atoms with Crippen LogP contribution in [0.25, 0.3) is 5.69 Å². The zero-order valence-corrected chi connectivity index (χ0v) is 13.0. The quantitative estimate of drug-likeness (QED) is 0.831. The molecule has 1 aliphatic carbocycles. The smallest absolute Gasteiger partial charge is 0.0666 e. The standard InChI is InChI=1S/C18H25N3/c1-18(2)10-4-7-15(9-11-18)20-16-6-3-8-17(14-16)21-13-5-12-19-21/h3,5-6,8,12-15,20H,4,7,9-11H2,1-2H3. The SMILES string of the molecule is CC1(C)CCCC(Nc2cccc(-n3cccn3)c2)CC1. The van der Waals surface area contributed by atoms with E-state index in [1.807, 2.05) is 23.1 Å². The van der Waals surface area contributed by atoms with E-state index in [9.17, 15) is 0 Å². The molecule has 0 bridgehead atoms. The van der Waals surface area contributed by atoms with Crippen LogP contribution in [0.4, 0.5) is 5.69 Å². The predicted molar refractivity (Wildman–Crippen MR) is 87.8 cm³/mol. The van der Waals surface area contributed by atoms with Crippen LogP contribution in [0.3, 0.4) is 0 Å². The molecule has 2 aromatic rings. The summed E-state index contributed by atoms with van der Waals surface area (Å²) in [5.41, 5.74) is 2.82. The van der Waals surface area contributed by atoms with E-state index in [-0.39, 0.29) is 0 Å². The Morgan fingerprint density at radius 2 is 2.10 bits per heavy atom. The van der Waals surface area contributed by atoms with Crippen LogP contribution < -0.4 is 5.32 Å². The van der Waals surface area contributed by atoms with E-state index >= 15 is 0 Å². The van der Waals surface area contributed by atoms with Gasteiger partial charge in [0, 0.05) is 24.1 Å². The molecule has 0 radical (unpaired) electrons. The molecule has 1 unspecified atom stereocenters. The summed E-state index contributed by atoms with van der Waals surface area (Å²) in [6.07, 6.45) is 10.3. The third-order valence-electron chi connectivity index (χ3n) is 4.56. The number of nitrogens with zero attached hydrogens (tertiary/aromatic N) is 2. The number of hydrogen-bond acceptors (Lipinski definition) is 2. The Morgan fingerprint density at radius 3 is 2.90 bits per heavy atom. The number of hydrogen-bond donors (Lipinski definition) is 1. The maximum absolute atomic E-state index is 4.30. The fraction of sp³-hybridized carbons (Fsp3) is 0.500. The molecule has 1 saturated carbocycles. The zero-order chi connectivity index (χ0) is 14.7. The lowest BCUT2D eigenvalue weighted by Crippen LogP contribution is -2.19. The molecule has 3 nitrogen and oxygen atoms in total. The van der Waals surface area contributed by atoms with Crippen LogP contribution in [0.5, 0.6) is 0 Å². The molecular formula is C18H25N3. The van der Waals surface area contributed by atoms with Gasteiger partial charge < -0.3 is 5.32 Å². The number of nitrogens with one attached hydrogen (secondary N) is 1. The van der Waals surface area contributed by atoms with Crippen molar-refractivity contribution in [3.8, 4) is 5.69 Å². The van der Waals surface area contributed by atoms with Gasteiger partial charge in [-0.15, -0.1) is 0 Å². The van der Waals surface area contributed by atoms with Crippen molar-refractivity contribution < 1.29 is 0 Å². The average molecular weight is 283 g/mol. The highest BCUT2D eigenvalue weighted by molar-refractivity contribution is 5.51. The maximum Gasteiger partial charge on any atom is 0.0666 e.